The highest BCUT2D eigenvalue weighted by molar-refractivity contribution is 6.64. The first-order valence-electron chi connectivity index (χ1n) is 8.78. The van der Waals surface area contributed by atoms with Gasteiger partial charge in [-0.3, -0.25) is 4.98 Å². The number of nitrogens with zero attached hydrogens (tertiary/aromatic N) is 1. The molecule has 3 aromatic rings. The minimum atomic E-state index is -0.474. The molecule has 0 N–H and O–H groups in total. The molecule has 26 heavy (non-hydrogen) atoms. The Morgan fingerprint density at radius 3 is 2.27 bits per heavy atom. The van der Waals surface area contributed by atoms with E-state index in [2.05, 4.69) is 56.9 Å². The van der Waals surface area contributed by atoms with Crippen molar-refractivity contribution in [1.82, 2.24) is 4.98 Å². The summed E-state index contributed by atoms with van der Waals surface area (Å²) in [6.45, 7) is 8.23. The zero-order valence-electron chi connectivity index (χ0n) is 15.4. The van der Waals surface area contributed by atoms with Gasteiger partial charge in [-0.15, -0.1) is 0 Å². The van der Waals surface area contributed by atoms with E-state index in [0.717, 1.165) is 27.5 Å². The average molecular weight is 366 g/mol. The van der Waals surface area contributed by atoms with Crippen LogP contribution in [-0.2, 0) is 9.31 Å². The molecule has 4 rings (SSSR count). The van der Waals surface area contributed by atoms with Gasteiger partial charge >= 0.3 is 7.12 Å². The summed E-state index contributed by atoms with van der Waals surface area (Å²) in [6, 6.07) is 16.1. The average Bonchev–Trinajstić information content (AvgIpc) is 2.82. The quantitative estimate of drug-likeness (QED) is 0.608. The molecule has 5 heteroatoms. The summed E-state index contributed by atoms with van der Waals surface area (Å²) >= 11 is 6.51. The van der Waals surface area contributed by atoms with Crippen LogP contribution in [0.4, 0.5) is 0 Å². The highest BCUT2D eigenvalue weighted by atomic mass is 35.5. The number of hydrogen-bond acceptors (Lipinski definition) is 3. The van der Waals surface area contributed by atoms with E-state index in [1.165, 1.54) is 0 Å². The van der Waals surface area contributed by atoms with Gasteiger partial charge < -0.3 is 9.31 Å². The van der Waals surface area contributed by atoms with Crippen molar-refractivity contribution in [3.05, 3.63) is 59.8 Å². The highest BCUT2D eigenvalue weighted by Gasteiger charge is 2.52. The molecule has 0 radical (unpaired) electrons. The lowest BCUT2D eigenvalue weighted by Crippen LogP contribution is -2.41. The lowest BCUT2D eigenvalue weighted by Gasteiger charge is -2.32. The lowest BCUT2D eigenvalue weighted by atomic mass is 9.73. The third-order valence-electron chi connectivity index (χ3n) is 5.46. The van der Waals surface area contributed by atoms with Gasteiger partial charge in [-0.1, -0.05) is 48.0 Å². The number of halogens is 1. The summed E-state index contributed by atoms with van der Waals surface area (Å²) < 4.78 is 12.6. The van der Waals surface area contributed by atoms with Crippen LogP contribution in [0.15, 0.2) is 54.7 Å². The van der Waals surface area contributed by atoms with Crippen LogP contribution in [0.1, 0.15) is 27.7 Å². The number of fused-ring (bicyclic) bond motifs is 1. The third kappa shape index (κ3) is 2.73. The monoisotopic (exact) mass is 365 g/mol. The molecule has 0 unspecified atom stereocenters. The smallest absolute Gasteiger partial charge is 0.399 e. The predicted octanol–water partition coefficient (Wildman–Crippen LogP) is 4.85. The molecule has 1 fully saturated rings. The number of hydrogen-bond donors (Lipinski definition) is 0. The number of rotatable bonds is 2. The van der Waals surface area contributed by atoms with Gasteiger partial charge in [0, 0.05) is 11.8 Å². The maximum absolute atomic E-state index is 6.51. The lowest BCUT2D eigenvalue weighted by molar-refractivity contribution is 0.00578. The first-order valence-corrected chi connectivity index (χ1v) is 9.16. The fourth-order valence-corrected chi connectivity index (χ4v) is 3.50. The largest absolute Gasteiger partial charge is 0.495 e. The zero-order chi connectivity index (χ0) is 18.5. The molecule has 1 saturated heterocycles. The minimum absolute atomic E-state index is 0.408. The van der Waals surface area contributed by atoms with E-state index in [-0.39, 0.29) is 0 Å². The van der Waals surface area contributed by atoms with Gasteiger partial charge in [0.1, 0.15) is 0 Å². The van der Waals surface area contributed by atoms with E-state index < -0.39 is 18.3 Å². The molecule has 132 valence electrons. The van der Waals surface area contributed by atoms with E-state index >= 15 is 0 Å². The molecule has 1 aliphatic rings. The summed E-state index contributed by atoms with van der Waals surface area (Å²) in [6.07, 6.45) is 1.76. The van der Waals surface area contributed by atoms with Gasteiger partial charge in [0.2, 0.25) is 0 Å². The highest BCUT2D eigenvalue weighted by Crippen LogP contribution is 2.38. The summed E-state index contributed by atoms with van der Waals surface area (Å²) in [5, 5.41) is 2.83. The van der Waals surface area contributed by atoms with Crippen LogP contribution in [-0.4, -0.2) is 23.3 Å². The maximum atomic E-state index is 6.51. The first kappa shape index (κ1) is 17.5. The summed E-state index contributed by atoms with van der Waals surface area (Å²) in [4.78, 5) is 4.56. The molecule has 3 nitrogen and oxygen atoms in total. The molecule has 1 aliphatic heterocycles. The van der Waals surface area contributed by atoms with Crippen LogP contribution in [0.3, 0.4) is 0 Å². The summed E-state index contributed by atoms with van der Waals surface area (Å²) in [7, 11) is -0.474. The third-order valence-corrected chi connectivity index (χ3v) is 5.77. The van der Waals surface area contributed by atoms with E-state index in [4.69, 9.17) is 20.9 Å². The van der Waals surface area contributed by atoms with Crippen molar-refractivity contribution in [3.63, 3.8) is 0 Å². The van der Waals surface area contributed by atoms with E-state index in [1.807, 2.05) is 24.3 Å². The predicted molar refractivity (Wildman–Crippen MR) is 108 cm³/mol. The molecule has 1 aromatic heterocycles. The van der Waals surface area contributed by atoms with Crippen LogP contribution in [0, 0.1) is 0 Å². The SMILES string of the molecule is CC1(C)OB(c2ccc3ccccc3c2-c2ncccc2Cl)OC1(C)C. The van der Waals surface area contributed by atoms with Crippen LogP contribution < -0.4 is 5.46 Å². The number of pyridine rings is 1. The van der Waals surface area contributed by atoms with Crippen LogP contribution in [0.5, 0.6) is 0 Å². The Balaban J connectivity index is 1.97. The van der Waals surface area contributed by atoms with Crippen LogP contribution in [0.2, 0.25) is 5.02 Å². The Bertz CT molecular complexity index is 971. The van der Waals surface area contributed by atoms with E-state index in [9.17, 15) is 0 Å². The maximum Gasteiger partial charge on any atom is 0.495 e. The summed E-state index contributed by atoms with van der Waals surface area (Å²) in [5.41, 5.74) is 1.84. The molecular weight excluding hydrogens is 345 g/mol. The zero-order valence-corrected chi connectivity index (χ0v) is 16.2. The Kier molecular flexibility index (Phi) is 4.10. The molecule has 0 spiro atoms. The van der Waals surface area contributed by atoms with Gasteiger partial charge in [0.25, 0.3) is 0 Å². The normalized spacial score (nSPS) is 18.4. The van der Waals surface area contributed by atoms with E-state index in [0.29, 0.717) is 5.02 Å². The number of aromatic nitrogens is 1. The molecule has 2 aromatic carbocycles. The van der Waals surface area contributed by atoms with E-state index in [1.54, 1.807) is 6.20 Å². The molecule has 0 aliphatic carbocycles. The Morgan fingerprint density at radius 2 is 1.58 bits per heavy atom. The van der Waals surface area contributed by atoms with Gasteiger partial charge in [-0.2, -0.15) is 0 Å². The Morgan fingerprint density at radius 1 is 0.885 bits per heavy atom. The molecule has 2 heterocycles. The van der Waals surface area contributed by atoms with Crippen molar-refractivity contribution in [3.8, 4) is 11.3 Å². The van der Waals surface area contributed by atoms with Gasteiger partial charge in [0.15, 0.2) is 0 Å². The fourth-order valence-electron chi connectivity index (χ4n) is 3.29. The van der Waals surface area contributed by atoms with Crippen molar-refractivity contribution in [2.45, 2.75) is 38.9 Å². The molecule has 0 atom stereocenters. The molecule has 0 amide bonds. The van der Waals surface area contributed by atoms with Gasteiger partial charge in [0.05, 0.1) is 21.9 Å². The second-order valence-electron chi connectivity index (χ2n) is 7.67. The minimum Gasteiger partial charge on any atom is -0.399 e. The topological polar surface area (TPSA) is 31.4 Å². The first-order chi connectivity index (χ1) is 12.3. The van der Waals surface area contributed by atoms with Crippen LogP contribution >= 0.6 is 11.6 Å². The molecular formula is C21H21BClNO2. The Labute approximate surface area is 159 Å². The van der Waals surface area contributed by atoms with Crippen molar-refractivity contribution in [2.24, 2.45) is 0 Å². The van der Waals surface area contributed by atoms with Crippen molar-refractivity contribution in [2.75, 3.05) is 0 Å². The molecule has 0 saturated carbocycles. The van der Waals surface area contributed by atoms with Gasteiger partial charge in [-0.25, -0.2) is 0 Å². The van der Waals surface area contributed by atoms with Crippen LogP contribution in [0.25, 0.3) is 22.0 Å². The summed E-state index contributed by atoms with van der Waals surface area (Å²) in [5.74, 6) is 0. The number of benzene rings is 2. The Hall–Kier alpha value is -1.88. The second kappa shape index (κ2) is 6.09. The second-order valence-corrected chi connectivity index (χ2v) is 8.08. The van der Waals surface area contributed by atoms with Crippen molar-refractivity contribution < 1.29 is 9.31 Å². The van der Waals surface area contributed by atoms with Crippen molar-refractivity contribution >= 4 is 35.0 Å². The van der Waals surface area contributed by atoms with Gasteiger partial charge in [-0.05, 0) is 56.1 Å². The fraction of sp³-hybridized carbons (Fsp3) is 0.286. The van der Waals surface area contributed by atoms with Crippen molar-refractivity contribution in [1.29, 1.82) is 0 Å². The molecule has 0 bridgehead atoms. The standard InChI is InChI=1S/C21H21BClNO2/c1-20(2)21(3,4)26-22(25-20)16-12-11-14-8-5-6-9-15(14)18(16)19-17(23)10-7-13-24-19/h5-13H,1-4H3.